The SMILES string of the molecule is COC(=O)c1cccc(Cn2cc3c(n2)CN(C(=O)OC(C)(C)C)C3)c1.COC(=O)c1cccc(Cn2nc3c(c2-c2ccccc2F)CN(C(=O)OC(C)(C)C)C3)c1.COC(=O)c1cccc(Cn2ncc3c2CN(C(=O)OC(C)(C)C)C3)c1. The maximum Gasteiger partial charge on any atom is 0.410 e. The van der Waals surface area contributed by atoms with E-state index in [2.05, 4.69) is 10.2 Å². The average Bonchev–Trinajstić information content (AvgIpc) is 1.73. The fraction of sp³-hybridized carbons (Fsp3) is 0.381. The molecule has 7 aromatic rings. The lowest BCUT2D eigenvalue weighted by molar-refractivity contribution is 0.0228. The number of benzene rings is 4. The molecule has 22 heteroatoms. The second kappa shape index (κ2) is 25.7. The van der Waals surface area contributed by atoms with Gasteiger partial charge in [-0.3, -0.25) is 28.7 Å². The first-order chi connectivity index (χ1) is 40.2. The van der Waals surface area contributed by atoms with E-state index in [-0.39, 0.29) is 43.0 Å². The minimum Gasteiger partial charge on any atom is -0.465 e. The van der Waals surface area contributed by atoms with Gasteiger partial charge in [0.2, 0.25) is 0 Å². The summed E-state index contributed by atoms with van der Waals surface area (Å²) in [6.07, 6.45) is 2.63. The minimum atomic E-state index is -0.615. The van der Waals surface area contributed by atoms with Crippen LogP contribution in [-0.2, 0) is 87.3 Å². The van der Waals surface area contributed by atoms with Crippen molar-refractivity contribution in [2.45, 2.75) is 138 Å². The van der Waals surface area contributed by atoms with E-state index in [0.29, 0.717) is 79.5 Å². The van der Waals surface area contributed by atoms with Gasteiger partial charge in [-0.15, -0.1) is 0 Å². The smallest absolute Gasteiger partial charge is 0.410 e. The fourth-order valence-corrected chi connectivity index (χ4v) is 9.62. The third-order valence-electron chi connectivity index (χ3n) is 13.3. The van der Waals surface area contributed by atoms with E-state index in [9.17, 15) is 33.2 Å². The Kier molecular flexibility index (Phi) is 18.6. The molecule has 0 saturated heterocycles. The van der Waals surface area contributed by atoms with Gasteiger partial charge in [0.05, 0.1) is 126 Å². The van der Waals surface area contributed by atoms with Gasteiger partial charge in [-0.05, 0) is 128 Å². The summed E-state index contributed by atoms with van der Waals surface area (Å²) in [7, 11) is 4.06. The quantitative estimate of drug-likeness (QED) is 0.0918. The van der Waals surface area contributed by atoms with E-state index < -0.39 is 28.9 Å². The third-order valence-corrected chi connectivity index (χ3v) is 13.3. The summed E-state index contributed by atoms with van der Waals surface area (Å²) in [4.78, 5) is 77.1. The topological polar surface area (TPSA) is 221 Å². The molecule has 3 aliphatic rings. The monoisotopic (exact) mass is 1170 g/mol. The van der Waals surface area contributed by atoms with Gasteiger partial charge in [-0.2, -0.15) is 15.3 Å². The molecule has 10 rings (SSSR count). The molecular weight excluding hydrogens is 1090 g/mol. The number of fused-ring (bicyclic) bond motifs is 3. The van der Waals surface area contributed by atoms with Gasteiger partial charge >= 0.3 is 36.2 Å². The van der Waals surface area contributed by atoms with Crippen LogP contribution in [0, 0.1) is 5.82 Å². The maximum atomic E-state index is 14.8. The van der Waals surface area contributed by atoms with E-state index in [0.717, 1.165) is 44.8 Å². The molecule has 3 aliphatic heterocycles. The van der Waals surface area contributed by atoms with Crippen LogP contribution in [0.5, 0.6) is 0 Å². The van der Waals surface area contributed by atoms with Crippen molar-refractivity contribution in [1.82, 2.24) is 44.0 Å². The molecule has 85 heavy (non-hydrogen) atoms. The second-order valence-corrected chi connectivity index (χ2v) is 23.6. The summed E-state index contributed by atoms with van der Waals surface area (Å²) in [5, 5.41) is 13.7. The van der Waals surface area contributed by atoms with Gasteiger partial charge in [0.25, 0.3) is 0 Å². The Balaban J connectivity index is 0.000000168. The molecule has 0 atom stereocenters. The molecule has 21 nitrogen and oxygen atoms in total. The first kappa shape index (κ1) is 61.7. The van der Waals surface area contributed by atoms with Crippen LogP contribution in [0.15, 0.2) is 109 Å². The Hall–Kier alpha value is -9.34. The highest BCUT2D eigenvalue weighted by atomic mass is 19.1. The van der Waals surface area contributed by atoms with Crippen LogP contribution in [0.25, 0.3) is 11.3 Å². The Morgan fingerprint density at radius 1 is 0.494 bits per heavy atom. The van der Waals surface area contributed by atoms with Gasteiger partial charge in [0, 0.05) is 28.5 Å². The van der Waals surface area contributed by atoms with Gasteiger partial charge in [-0.1, -0.05) is 48.5 Å². The number of nitrogens with zero attached hydrogens (tertiary/aromatic N) is 9. The Morgan fingerprint density at radius 2 is 0.941 bits per heavy atom. The lowest BCUT2D eigenvalue weighted by atomic mass is 10.1. The molecule has 0 aliphatic carbocycles. The van der Waals surface area contributed by atoms with Crippen molar-refractivity contribution >= 4 is 36.2 Å². The molecule has 0 N–H and O–H groups in total. The number of halogens is 1. The highest BCUT2D eigenvalue weighted by Gasteiger charge is 2.35. The van der Waals surface area contributed by atoms with Crippen LogP contribution in [0.3, 0.4) is 0 Å². The van der Waals surface area contributed by atoms with Crippen molar-refractivity contribution in [1.29, 1.82) is 0 Å². The molecule has 3 amide bonds. The van der Waals surface area contributed by atoms with Gasteiger partial charge in [-0.25, -0.2) is 33.2 Å². The number of aromatic nitrogens is 6. The molecule has 0 bridgehead atoms. The summed E-state index contributed by atoms with van der Waals surface area (Å²) in [6, 6.07) is 28.1. The Bertz CT molecular complexity index is 3600. The van der Waals surface area contributed by atoms with Crippen LogP contribution in [0.4, 0.5) is 18.8 Å². The fourth-order valence-electron chi connectivity index (χ4n) is 9.62. The maximum absolute atomic E-state index is 14.8. The number of amides is 3. The summed E-state index contributed by atoms with van der Waals surface area (Å²) in [5.74, 6) is -1.53. The number of esters is 3. The van der Waals surface area contributed by atoms with Crippen LogP contribution < -0.4 is 0 Å². The number of ether oxygens (including phenoxy) is 6. The molecule has 0 saturated carbocycles. The third kappa shape index (κ3) is 15.9. The molecule has 0 unspecified atom stereocenters. The molecular formula is C63H72FN9O12. The van der Waals surface area contributed by atoms with E-state index in [4.69, 9.17) is 33.5 Å². The van der Waals surface area contributed by atoms with E-state index in [1.54, 1.807) is 86.2 Å². The molecule has 6 heterocycles. The number of carbonyl (C=O) groups excluding carboxylic acids is 6. The number of hydrogen-bond acceptors (Lipinski definition) is 15. The second-order valence-electron chi connectivity index (χ2n) is 23.6. The summed E-state index contributed by atoms with van der Waals surface area (Å²) >= 11 is 0. The van der Waals surface area contributed by atoms with Crippen LogP contribution in [-0.4, -0.2) is 118 Å². The van der Waals surface area contributed by atoms with Crippen LogP contribution >= 0.6 is 0 Å². The average molecular weight is 1170 g/mol. The van der Waals surface area contributed by atoms with E-state index in [1.807, 2.05) is 108 Å². The zero-order valence-electron chi connectivity index (χ0n) is 50.1. The number of hydrogen-bond donors (Lipinski definition) is 0. The predicted molar refractivity (Wildman–Crippen MR) is 309 cm³/mol. The van der Waals surface area contributed by atoms with Crippen LogP contribution in [0.1, 0.15) is 144 Å². The van der Waals surface area contributed by atoms with Gasteiger partial charge in [0.15, 0.2) is 0 Å². The highest BCUT2D eigenvalue weighted by molar-refractivity contribution is 5.90. The predicted octanol–water partition coefficient (Wildman–Crippen LogP) is 10.7. The zero-order valence-corrected chi connectivity index (χ0v) is 50.1. The summed E-state index contributed by atoms with van der Waals surface area (Å²) in [5.41, 5.74) is 8.90. The summed E-state index contributed by atoms with van der Waals surface area (Å²) < 4.78 is 50.9. The number of methoxy groups -OCH3 is 3. The first-order valence-corrected chi connectivity index (χ1v) is 27.6. The van der Waals surface area contributed by atoms with E-state index in [1.165, 1.54) is 27.4 Å². The molecule has 3 aromatic heterocycles. The molecule has 0 fully saturated rings. The zero-order chi connectivity index (χ0) is 61.5. The van der Waals surface area contributed by atoms with Crippen molar-refractivity contribution in [2.24, 2.45) is 0 Å². The molecule has 0 spiro atoms. The van der Waals surface area contributed by atoms with Crippen molar-refractivity contribution in [2.75, 3.05) is 21.3 Å². The largest absolute Gasteiger partial charge is 0.465 e. The lowest BCUT2D eigenvalue weighted by Gasteiger charge is -2.24. The lowest BCUT2D eigenvalue weighted by Crippen LogP contribution is -2.33. The number of rotatable bonds is 10. The Labute approximate surface area is 493 Å². The Morgan fingerprint density at radius 3 is 1.42 bits per heavy atom. The van der Waals surface area contributed by atoms with E-state index >= 15 is 0 Å². The molecule has 448 valence electrons. The van der Waals surface area contributed by atoms with Crippen molar-refractivity contribution < 1.29 is 61.6 Å². The molecule has 4 aromatic carbocycles. The van der Waals surface area contributed by atoms with Crippen molar-refractivity contribution in [3.05, 3.63) is 182 Å². The van der Waals surface area contributed by atoms with Gasteiger partial charge < -0.3 is 28.4 Å². The van der Waals surface area contributed by atoms with Crippen LogP contribution in [0.2, 0.25) is 0 Å². The van der Waals surface area contributed by atoms with Crippen molar-refractivity contribution in [3.63, 3.8) is 0 Å². The highest BCUT2D eigenvalue weighted by Crippen LogP contribution is 2.36. The summed E-state index contributed by atoms with van der Waals surface area (Å²) in [6.45, 7) is 20.4. The minimum absolute atomic E-state index is 0.274. The standard InChI is InChI=1S/C25H26FN3O4.2C19H23N3O4/c1-25(2,3)33-24(31)28-14-19-21(15-28)27-29(22(19)18-10-5-6-11-20(18)26)13-16-8-7-9-17(12-16)23(30)32-4;1-19(2,3)26-18(24)21-11-15-9-20-22(16(15)12-21)10-13-6-5-7-14(8-13)17(23)25-4;1-19(2,3)26-18(24)21-10-15-11-22(20-16(15)12-21)9-13-6-5-7-14(8-13)17(23)25-4/h5-12H,13-15H2,1-4H3;5-9H,10-12H2,1-4H3;5-8,11H,9-10,12H2,1-4H3. The normalized spacial score (nSPS) is 13.3. The molecule has 0 radical (unpaired) electrons. The number of carbonyl (C=O) groups is 6. The van der Waals surface area contributed by atoms with Gasteiger partial charge in [0.1, 0.15) is 22.6 Å². The first-order valence-electron chi connectivity index (χ1n) is 27.6. The van der Waals surface area contributed by atoms with Crippen molar-refractivity contribution in [3.8, 4) is 11.3 Å².